The molecule has 0 bridgehead atoms. The van der Waals surface area contributed by atoms with Crippen LogP contribution in [-0.2, 0) is 6.42 Å². The molecule has 1 saturated carbocycles. The number of aryl methyl sites for hydroxylation is 1. The normalized spacial score (nSPS) is 24.2. The maximum absolute atomic E-state index is 10.0. The summed E-state index contributed by atoms with van der Waals surface area (Å²) < 4.78 is 0. The minimum Gasteiger partial charge on any atom is -0.388 e. The highest BCUT2D eigenvalue weighted by Crippen LogP contribution is 2.37. The number of hydrogen-bond acceptors (Lipinski definition) is 4. The van der Waals surface area contributed by atoms with Gasteiger partial charge in [-0.2, -0.15) is 0 Å². The predicted octanol–water partition coefficient (Wildman–Crippen LogP) is 3.53. The molecule has 1 fully saturated rings. The predicted molar refractivity (Wildman–Crippen MR) is 79.9 cm³/mol. The molecule has 1 unspecified atom stereocenters. The molecule has 106 valence electrons. The summed E-state index contributed by atoms with van der Waals surface area (Å²) >= 11 is 1.70. The van der Waals surface area contributed by atoms with E-state index >= 15 is 0 Å². The van der Waals surface area contributed by atoms with Gasteiger partial charge in [0.25, 0.3) is 0 Å². The molecule has 4 heteroatoms. The van der Waals surface area contributed by atoms with E-state index in [1.165, 1.54) is 32.1 Å². The van der Waals surface area contributed by atoms with Crippen molar-refractivity contribution in [3.8, 4) is 0 Å². The summed E-state index contributed by atoms with van der Waals surface area (Å²) in [5.41, 5.74) is 1.15. The molecular formula is C15H24N2OS. The van der Waals surface area contributed by atoms with Crippen LogP contribution in [0.4, 0.5) is 5.13 Å². The van der Waals surface area contributed by atoms with Crippen LogP contribution in [0.3, 0.4) is 0 Å². The maximum atomic E-state index is 10.0. The molecule has 19 heavy (non-hydrogen) atoms. The van der Waals surface area contributed by atoms with Crippen molar-refractivity contribution in [2.75, 3.05) is 18.5 Å². The third-order valence-electron chi connectivity index (χ3n) is 4.49. The van der Waals surface area contributed by atoms with Gasteiger partial charge >= 0.3 is 0 Å². The first-order valence-electron chi connectivity index (χ1n) is 7.63. The molecule has 1 N–H and O–H groups in total. The number of thiazole rings is 1. The first kappa shape index (κ1) is 13.4. The number of aliphatic hydroxyl groups excluding tert-OH is 1. The topological polar surface area (TPSA) is 36.4 Å². The number of nitrogens with zero attached hydrogens (tertiary/aromatic N) is 2. The number of hydrogen-bond donors (Lipinski definition) is 1. The first-order chi connectivity index (χ1) is 9.24. The third-order valence-corrected chi connectivity index (χ3v) is 5.81. The lowest BCUT2D eigenvalue weighted by Gasteiger charge is -2.26. The van der Waals surface area contributed by atoms with Crippen molar-refractivity contribution in [3.63, 3.8) is 0 Å². The van der Waals surface area contributed by atoms with E-state index in [1.807, 2.05) is 0 Å². The van der Waals surface area contributed by atoms with Crippen molar-refractivity contribution >= 4 is 16.5 Å². The van der Waals surface area contributed by atoms with Gasteiger partial charge in [-0.1, -0.05) is 30.6 Å². The van der Waals surface area contributed by atoms with E-state index in [0.29, 0.717) is 0 Å². The average Bonchev–Trinajstić information content (AvgIpc) is 2.85. The number of aliphatic hydroxyl groups is 1. The Morgan fingerprint density at radius 2 is 2.00 bits per heavy atom. The van der Waals surface area contributed by atoms with Crippen molar-refractivity contribution in [2.24, 2.45) is 5.92 Å². The van der Waals surface area contributed by atoms with E-state index in [1.54, 1.807) is 11.3 Å². The minimum absolute atomic E-state index is 0.266. The quantitative estimate of drug-likeness (QED) is 0.920. The second kappa shape index (κ2) is 5.80. The average molecular weight is 280 g/mol. The van der Waals surface area contributed by atoms with Crippen molar-refractivity contribution in [1.29, 1.82) is 0 Å². The van der Waals surface area contributed by atoms with Gasteiger partial charge in [-0.25, -0.2) is 4.98 Å². The maximum Gasteiger partial charge on any atom is 0.185 e. The van der Waals surface area contributed by atoms with Crippen LogP contribution in [0.1, 0.15) is 61.6 Å². The molecule has 3 rings (SSSR count). The third kappa shape index (κ3) is 2.95. The molecule has 0 amide bonds. The fraction of sp³-hybridized carbons (Fsp3) is 0.800. The summed E-state index contributed by atoms with van der Waals surface area (Å²) in [4.78, 5) is 8.18. The molecular weight excluding hydrogens is 256 g/mol. The van der Waals surface area contributed by atoms with Gasteiger partial charge in [0.05, 0.1) is 16.7 Å². The van der Waals surface area contributed by atoms with Gasteiger partial charge < -0.3 is 10.0 Å². The van der Waals surface area contributed by atoms with E-state index in [0.717, 1.165) is 47.4 Å². The lowest BCUT2D eigenvalue weighted by Crippen LogP contribution is -2.26. The van der Waals surface area contributed by atoms with Gasteiger partial charge in [-0.15, -0.1) is 0 Å². The molecule has 0 aromatic carbocycles. The Morgan fingerprint density at radius 1 is 1.21 bits per heavy atom. The summed E-state index contributed by atoms with van der Waals surface area (Å²) in [5, 5.41) is 11.1. The zero-order valence-corrected chi connectivity index (χ0v) is 12.6. The van der Waals surface area contributed by atoms with Gasteiger partial charge in [-0.05, 0) is 38.0 Å². The van der Waals surface area contributed by atoms with Crippen molar-refractivity contribution in [2.45, 2.75) is 57.5 Å². The SMILES string of the molecule is CN(CC1CCCCC1)c1nc2c(s1)C(O)CCC2. The number of anilines is 1. The second-order valence-electron chi connectivity index (χ2n) is 6.10. The Hall–Kier alpha value is -0.610. The van der Waals surface area contributed by atoms with Crippen LogP contribution in [0.25, 0.3) is 0 Å². The lowest BCUT2D eigenvalue weighted by atomic mass is 9.89. The Balaban J connectivity index is 1.67. The van der Waals surface area contributed by atoms with Crippen LogP contribution in [0, 0.1) is 5.92 Å². The largest absolute Gasteiger partial charge is 0.388 e. The Bertz CT molecular complexity index is 426. The number of rotatable bonds is 3. The monoisotopic (exact) mass is 280 g/mol. The molecule has 0 aliphatic heterocycles. The fourth-order valence-corrected chi connectivity index (χ4v) is 4.48. The molecule has 2 aliphatic rings. The van der Waals surface area contributed by atoms with Crippen LogP contribution >= 0.6 is 11.3 Å². The van der Waals surface area contributed by atoms with E-state index in [2.05, 4.69) is 11.9 Å². The van der Waals surface area contributed by atoms with Crippen molar-refractivity contribution in [1.82, 2.24) is 4.98 Å². The molecule has 0 saturated heterocycles. The Morgan fingerprint density at radius 3 is 2.74 bits per heavy atom. The zero-order valence-electron chi connectivity index (χ0n) is 11.8. The van der Waals surface area contributed by atoms with Crippen LogP contribution in [0.2, 0.25) is 0 Å². The van der Waals surface area contributed by atoms with Crippen LogP contribution < -0.4 is 4.90 Å². The van der Waals surface area contributed by atoms with Crippen molar-refractivity contribution < 1.29 is 5.11 Å². The molecule has 1 aromatic rings. The molecule has 2 aliphatic carbocycles. The highest BCUT2D eigenvalue weighted by molar-refractivity contribution is 7.15. The second-order valence-corrected chi connectivity index (χ2v) is 7.11. The highest BCUT2D eigenvalue weighted by Gasteiger charge is 2.24. The molecule has 1 atom stereocenters. The van der Waals surface area contributed by atoms with Gasteiger partial charge in [0, 0.05) is 13.6 Å². The summed E-state index contributed by atoms with van der Waals surface area (Å²) in [6.07, 6.45) is 9.70. The van der Waals surface area contributed by atoms with Gasteiger partial charge in [0.1, 0.15) is 0 Å². The summed E-state index contributed by atoms with van der Waals surface area (Å²) in [6, 6.07) is 0. The minimum atomic E-state index is -0.266. The summed E-state index contributed by atoms with van der Waals surface area (Å²) in [5.74, 6) is 0.838. The van der Waals surface area contributed by atoms with E-state index in [4.69, 9.17) is 4.98 Å². The van der Waals surface area contributed by atoms with E-state index < -0.39 is 0 Å². The molecule has 0 radical (unpaired) electrons. The van der Waals surface area contributed by atoms with E-state index in [-0.39, 0.29) is 6.10 Å². The van der Waals surface area contributed by atoms with Gasteiger partial charge in [0.2, 0.25) is 0 Å². The summed E-state index contributed by atoms with van der Waals surface area (Å²) in [7, 11) is 2.16. The molecule has 1 heterocycles. The smallest absolute Gasteiger partial charge is 0.185 e. The van der Waals surface area contributed by atoms with Crippen LogP contribution in [-0.4, -0.2) is 23.7 Å². The molecule has 0 spiro atoms. The van der Waals surface area contributed by atoms with Gasteiger partial charge in [-0.3, -0.25) is 0 Å². The van der Waals surface area contributed by atoms with Crippen LogP contribution in [0.15, 0.2) is 0 Å². The van der Waals surface area contributed by atoms with Crippen molar-refractivity contribution in [3.05, 3.63) is 10.6 Å². The zero-order chi connectivity index (χ0) is 13.2. The number of aromatic nitrogens is 1. The molecule has 1 aromatic heterocycles. The Kier molecular flexibility index (Phi) is 4.08. The fourth-order valence-electron chi connectivity index (χ4n) is 3.38. The Labute approximate surface area is 119 Å². The van der Waals surface area contributed by atoms with Gasteiger partial charge in [0.15, 0.2) is 5.13 Å². The van der Waals surface area contributed by atoms with Crippen LogP contribution in [0.5, 0.6) is 0 Å². The number of fused-ring (bicyclic) bond motifs is 1. The standard InChI is InChI=1S/C15H24N2OS/c1-17(10-11-6-3-2-4-7-11)15-16-12-8-5-9-13(18)14(12)19-15/h11,13,18H,2-10H2,1H3. The highest BCUT2D eigenvalue weighted by atomic mass is 32.1. The molecule has 3 nitrogen and oxygen atoms in total. The lowest BCUT2D eigenvalue weighted by molar-refractivity contribution is 0.160. The first-order valence-corrected chi connectivity index (χ1v) is 8.44. The summed E-state index contributed by atoms with van der Waals surface area (Å²) in [6.45, 7) is 1.13. The van der Waals surface area contributed by atoms with E-state index in [9.17, 15) is 5.11 Å².